The zero-order valence-electron chi connectivity index (χ0n) is 24.3. The summed E-state index contributed by atoms with van der Waals surface area (Å²) in [6, 6.07) is 20.4. The predicted octanol–water partition coefficient (Wildman–Crippen LogP) is 0.753. The van der Waals surface area contributed by atoms with Crippen LogP contribution in [0.25, 0.3) is 21.1 Å². The number of fused-ring (bicyclic) bond motifs is 3. The summed E-state index contributed by atoms with van der Waals surface area (Å²) in [5.41, 5.74) is 5.07. The molecule has 8 nitrogen and oxygen atoms in total. The average molecular weight is 576 g/mol. The molecule has 1 saturated carbocycles. The molecule has 1 aliphatic carbocycles. The summed E-state index contributed by atoms with van der Waals surface area (Å²) < 4.78 is 0. The van der Waals surface area contributed by atoms with Crippen molar-refractivity contribution < 1.29 is 52.1 Å². The Bertz CT molecular complexity index is 1670. The van der Waals surface area contributed by atoms with Crippen LogP contribution in [0.15, 0.2) is 72.9 Å². The van der Waals surface area contributed by atoms with Gasteiger partial charge in [0.05, 0.1) is 22.2 Å². The van der Waals surface area contributed by atoms with Gasteiger partial charge in [0.15, 0.2) is 0 Å². The molecule has 0 atom stereocenters. The van der Waals surface area contributed by atoms with Crippen LogP contribution in [0.5, 0.6) is 0 Å². The number of pyridine rings is 1. The number of anilines is 2. The zero-order chi connectivity index (χ0) is 27.9. The van der Waals surface area contributed by atoms with Crippen LogP contribution in [0.4, 0.5) is 17.1 Å². The maximum Gasteiger partial charge on any atom is 1.00 e. The third-order valence-corrected chi connectivity index (χ3v) is 8.88. The summed E-state index contributed by atoms with van der Waals surface area (Å²) in [4.78, 5) is 49.0. The Balaban J connectivity index is 0.00000184. The molecule has 4 aromatic rings. The second-order valence-electron chi connectivity index (χ2n) is 10.6. The number of carbonyl (C=O) groups is 3. The number of hydrogen-bond donors (Lipinski definition) is 0. The molecule has 0 N–H and O–H groups in total. The fourth-order valence-corrected chi connectivity index (χ4v) is 6.30. The van der Waals surface area contributed by atoms with Crippen LogP contribution in [0, 0.1) is 0 Å². The fraction of sp³-hybridized carbons (Fsp3) is 0.250. The minimum absolute atomic E-state index is 0. The number of para-hydroxylation sites is 1. The first-order valence-electron chi connectivity index (χ1n) is 13.9. The predicted molar refractivity (Wildman–Crippen MR) is 161 cm³/mol. The first-order valence-corrected chi connectivity index (χ1v) is 14.7. The normalized spacial score (nSPS) is 15.0. The molecule has 7 rings (SSSR count). The van der Waals surface area contributed by atoms with Crippen molar-refractivity contribution >= 4 is 46.1 Å². The van der Waals surface area contributed by atoms with E-state index in [1.807, 2.05) is 36.4 Å². The summed E-state index contributed by atoms with van der Waals surface area (Å²) in [6.07, 6.45) is 5.41. The molecule has 1 saturated heterocycles. The molecule has 0 unspecified atom stereocenters. The molecule has 3 amide bonds. The number of amides is 3. The van der Waals surface area contributed by atoms with Gasteiger partial charge in [0, 0.05) is 47.5 Å². The van der Waals surface area contributed by atoms with Gasteiger partial charge < -0.3 is 30.0 Å². The number of nitrogens with zero attached hydrogens (tertiary/aromatic N) is 5. The van der Waals surface area contributed by atoms with Crippen LogP contribution in [0.3, 0.4) is 0 Å². The smallest absolute Gasteiger partial charge is 0.646 e. The summed E-state index contributed by atoms with van der Waals surface area (Å²) in [7, 11) is 0. The van der Waals surface area contributed by atoms with Gasteiger partial charge in [-0.05, 0) is 42.7 Å². The molecule has 2 aliphatic heterocycles. The van der Waals surface area contributed by atoms with Crippen molar-refractivity contribution in [3.8, 4) is 10.4 Å². The number of hydrogen-bond acceptors (Lipinski definition) is 6. The zero-order valence-corrected chi connectivity index (χ0v) is 25.1. The van der Waals surface area contributed by atoms with Gasteiger partial charge in [0.25, 0.3) is 5.91 Å². The molecule has 4 heterocycles. The molecule has 3 aliphatic rings. The molecule has 11 heteroatoms. The molecule has 2 fully saturated rings. The molecule has 2 aromatic heterocycles. The van der Waals surface area contributed by atoms with E-state index in [1.54, 1.807) is 41.4 Å². The average Bonchev–Trinajstić information content (AvgIpc) is 3.71. The molecule has 43 heavy (non-hydrogen) atoms. The van der Waals surface area contributed by atoms with E-state index in [0.29, 0.717) is 34.8 Å². The number of carbonyl (C=O) groups excluding carboxylic acids is 3. The van der Waals surface area contributed by atoms with E-state index >= 15 is 0 Å². The Hall–Kier alpha value is -3.31. The van der Waals surface area contributed by atoms with Gasteiger partial charge in [-0.15, -0.1) is 23.1 Å². The van der Waals surface area contributed by atoms with E-state index in [9.17, 15) is 14.4 Å². The van der Waals surface area contributed by atoms with Crippen LogP contribution in [-0.2, 0) is 6.42 Å². The van der Waals surface area contributed by atoms with Crippen molar-refractivity contribution in [2.24, 2.45) is 0 Å². The largest absolute Gasteiger partial charge is 1.00 e. The topological polar surface area (TPSA) is 98.8 Å². The van der Waals surface area contributed by atoms with Crippen molar-refractivity contribution in [1.82, 2.24) is 4.98 Å². The monoisotopic (exact) mass is 575 g/mol. The molecule has 0 bridgehead atoms. The van der Waals surface area contributed by atoms with E-state index < -0.39 is 5.91 Å². The quantitative estimate of drug-likeness (QED) is 0.316. The molecule has 206 valence electrons. The number of benzene rings is 2. The van der Waals surface area contributed by atoms with Gasteiger partial charge >= 0.3 is 37.7 Å². The molecular weight excluding hydrogens is 548 g/mol. The van der Waals surface area contributed by atoms with Crippen molar-refractivity contribution in [2.75, 3.05) is 29.4 Å². The van der Waals surface area contributed by atoms with Crippen molar-refractivity contribution in [3.63, 3.8) is 0 Å². The van der Waals surface area contributed by atoms with Crippen LogP contribution in [-0.4, -0.2) is 48.4 Å². The maximum absolute atomic E-state index is 13.7. The fourth-order valence-electron chi connectivity index (χ4n) is 5.16. The third-order valence-electron chi connectivity index (χ3n) is 7.68. The summed E-state index contributed by atoms with van der Waals surface area (Å²) in [5.74, 6) is -0.684. The van der Waals surface area contributed by atoms with Gasteiger partial charge in [-0.1, -0.05) is 55.3 Å². The second-order valence-corrected chi connectivity index (χ2v) is 11.6. The maximum atomic E-state index is 13.7. The first kappa shape index (κ1) is 31.1. The van der Waals surface area contributed by atoms with Gasteiger partial charge in [0.1, 0.15) is 5.91 Å². The molecule has 0 radical (unpaired) electrons. The van der Waals surface area contributed by atoms with E-state index in [0.717, 1.165) is 59.7 Å². The van der Waals surface area contributed by atoms with Gasteiger partial charge in [-0.2, -0.15) is 0 Å². The SMILES string of the molecule is O=C([N-]c1ccc(C(=O)N2CCc3cc(C(=O)[N-]C4CC4)sc3-c3ccccc32)cc1)c1cc(N2CCC2)ccn1.[Li+].[Li+]. The molecule has 2 aromatic carbocycles. The van der Waals surface area contributed by atoms with Crippen LogP contribution < -0.4 is 47.5 Å². The summed E-state index contributed by atoms with van der Waals surface area (Å²) in [5, 5.41) is 8.52. The van der Waals surface area contributed by atoms with Crippen molar-refractivity contribution in [3.05, 3.63) is 105 Å². The van der Waals surface area contributed by atoms with Gasteiger partial charge in [-0.3, -0.25) is 9.78 Å². The van der Waals surface area contributed by atoms with Gasteiger partial charge in [0.2, 0.25) is 0 Å². The Labute approximate surface area is 278 Å². The Kier molecular flexibility index (Phi) is 9.51. The van der Waals surface area contributed by atoms with Crippen LogP contribution in [0.2, 0.25) is 0 Å². The van der Waals surface area contributed by atoms with E-state index in [4.69, 9.17) is 0 Å². The van der Waals surface area contributed by atoms with E-state index in [1.165, 1.54) is 11.3 Å². The standard InChI is InChI=1S/C32H29N5O3S.2Li/c38-30(26-19-24(12-14-33-26)36-15-3-16-36)34-22-8-6-20(7-9-22)32(40)37-17-13-21-18-28(31(39)35-23-10-11-23)41-29(21)25-4-1-2-5-27(25)37;;/h1-2,4-9,12,14,18-19,23H,3,10-11,13,15-17H2,(H2,34,35,38,39,40);;/q;2*+1/p-2. The van der Waals surface area contributed by atoms with E-state index in [2.05, 4.69) is 20.5 Å². The minimum Gasteiger partial charge on any atom is -0.646 e. The number of aromatic nitrogens is 1. The molecular formula is C32H27Li2N5O3S. The Morgan fingerprint density at radius 3 is 2.37 bits per heavy atom. The van der Waals surface area contributed by atoms with Crippen molar-refractivity contribution in [1.29, 1.82) is 0 Å². The summed E-state index contributed by atoms with van der Waals surface area (Å²) >= 11 is 1.46. The minimum atomic E-state index is -0.415. The second kappa shape index (κ2) is 13.1. The van der Waals surface area contributed by atoms with Crippen LogP contribution >= 0.6 is 11.3 Å². The van der Waals surface area contributed by atoms with Crippen LogP contribution in [0.1, 0.15) is 55.3 Å². The Morgan fingerprint density at radius 2 is 1.65 bits per heavy atom. The van der Waals surface area contributed by atoms with Gasteiger partial charge in [-0.25, -0.2) is 0 Å². The number of rotatable bonds is 6. The molecule has 0 spiro atoms. The number of thiophene rings is 1. The third kappa shape index (κ3) is 6.48. The van der Waals surface area contributed by atoms with Crippen molar-refractivity contribution in [2.45, 2.75) is 31.7 Å². The first-order chi connectivity index (χ1) is 20.0. The summed E-state index contributed by atoms with van der Waals surface area (Å²) in [6.45, 7) is 2.45. The van der Waals surface area contributed by atoms with E-state index in [-0.39, 0.29) is 55.6 Å². The Morgan fingerprint density at radius 1 is 0.884 bits per heavy atom.